The lowest BCUT2D eigenvalue weighted by atomic mass is 10.1. The van der Waals surface area contributed by atoms with Gasteiger partial charge in [-0.05, 0) is 12.3 Å². The molecule has 1 amide bonds. The number of carbonyl (C=O) groups excluding carboxylic acids is 1. The van der Waals surface area contributed by atoms with Gasteiger partial charge in [0.25, 0.3) is 0 Å². The van der Waals surface area contributed by atoms with Crippen LogP contribution in [-0.4, -0.2) is 35.0 Å². The molecule has 4 nitrogen and oxygen atoms in total. The van der Waals surface area contributed by atoms with E-state index >= 15 is 0 Å². The quantitative estimate of drug-likeness (QED) is 0.732. The number of carbonyl (C=O) groups is 2. The molecule has 0 aliphatic heterocycles. The molecule has 0 heterocycles. The number of hydrogen-bond donors (Lipinski definition) is 1. The Hall–Kier alpha value is -1.06. The van der Waals surface area contributed by atoms with Crippen LogP contribution >= 0.6 is 0 Å². The van der Waals surface area contributed by atoms with Crippen molar-refractivity contribution in [2.24, 2.45) is 11.8 Å². The smallest absolute Gasteiger partial charge is 0.308 e. The first-order valence-corrected chi connectivity index (χ1v) is 5.33. The van der Waals surface area contributed by atoms with E-state index in [1.54, 1.807) is 11.8 Å². The second kappa shape index (κ2) is 6.43. The Balaban J connectivity index is 4.16. The summed E-state index contributed by atoms with van der Waals surface area (Å²) in [5.74, 6) is -0.886. The average molecular weight is 215 g/mol. The normalized spacial score (nSPS) is 12.6. The molecule has 0 aliphatic rings. The lowest BCUT2D eigenvalue weighted by Crippen LogP contribution is -2.36. The van der Waals surface area contributed by atoms with Crippen molar-refractivity contribution in [3.05, 3.63) is 0 Å². The maximum atomic E-state index is 11.2. The molecule has 1 atom stereocenters. The summed E-state index contributed by atoms with van der Waals surface area (Å²) in [5, 5.41) is 8.75. The number of nitrogens with zero attached hydrogens (tertiary/aromatic N) is 1. The molecular formula is C11H21NO3. The van der Waals surface area contributed by atoms with Gasteiger partial charge in [-0.3, -0.25) is 9.59 Å². The van der Waals surface area contributed by atoms with Gasteiger partial charge in [0.2, 0.25) is 5.91 Å². The predicted molar refractivity (Wildman–Crippen MR) is 58.5 cm³/mol. The van der Waals surface area contributed by atoms with Crippen LogP contribution in [0.2, 0.25) is 0 Å². The molecule has 15 heavy (non-hydrogen) atoms. The van der Waals surface area contributed by atoms with E-state index in [-0.39, 0.29) is 5.91 Å². The van der Waals surface area contributed by atoms with E-state index in [1.807, 2.05) is 0 Å². The Morgan fingerprint density at radius 3 is 2.13 bits per heavy atom. The third kappa shape index (κ3) is 6.10. The highest BCUT2D eigenvalue weighted by atomic mass is 16.4. The Labute approximate surface area is 91.3 Å². The Bertz CT molecular complexity index is 226. The first kappa shape index (κ1) is 13.9. The van der Waals surface area contributed by atoms with Crippen LogP contribution in [0.1, 0.15) is 34.1 Å². The number of carboxylic acid groups (broad SMARTS) is 1. The number of aliphatic carboxylic acids is 1. The fourth-order valence-corrected chi connectivity index (χ4v) is 1.20. The van der Waals surface area contributed by atoms with Gasteiger partial charge in [0, 0.05) is 20.0 Å². The van der Waals surface area contributed by atoms with Crippen molar-refractivity contribution in [1.29, 1.82) is 0 Å². The van der Waals surface area contributed by atoms with E-state index in [0.717, 1.165) is 6.42 Å². The van der Waals surface area contributed by atoms with Crippen LogP contribution in [0, 0.1) is 11.8 Å². The number of rotatable bonds is 6. The summed E-state index contributed by atoms with van der Waals surface area (Å²) in [5.41, 5.74) is 0. The lowest BCUT2D eigenvalue weighted by Gasteiger charge is -2.23. The molecule has 4 heteroatoms. The van der Waals surface area contributed by atoms with Crippen LogP contribution < -0.4 is 0 Å². The standard InChI is InChI=1S/C11H21NO3/c1-8(2)5-6-12(10(4)13)7-9(3)11(14)15/h8-9H,5-7H2,1-4H3,(H,14,15). The summed E-state index contributed by atoms with van der Waals surface area (Å²) in [6, 6.07) is 0. The molecule has 0 spiro atoms. The van der Waals surface area contributed by atoms with Gasteiger partial charge in [0.15, 0.2) is 0 Å². The Kier molecular flexibility index (Phi) is 5.97. The largest absolute Gasteiger partial charge is 0.481 e. The van der Waals surface area contributed by atoms with Crippen molar-refractivity contribution in [3.8, 4) is 0 Å². The summed E-state index contributed by atoms with van der Waals surface area (Å²) >= 11 is 0. The fraction of sp³-hybridized carbons (Fsp3) is 0.818. The highest BCUT2D eigenvalue weighted by molar-refractivity contribution is 5.75. The molecule has 0 saturated heterocycles. The molecule has 0 fully saturated rings. The maximum Gasteiger partial charge on any atom is 0.308 e. The van der Waals surface area contributed by atoms with E-state index in [0.29, 0.717) is 19.0 Å². The van der Waals surface area contributed by atoms with E-state index < -0.39 is 11.9 Å². The first-order valence-electron chi connectivity index (χ1n) is 5.33. The molecule has 1 N–H and O–H groups in total. The molecule has 0 aromatic heterocycles. The fourth-order valence-electron chi connectivity index (χ4n) is 1.20. The van der Waals surface area contributed by atoms with E-state index in [2.05, 4.69) is 13.8 Å². The third-order valence-corrected chi connectivity index (χ3v) is 2.34. The highest BCUT2D eigenvalue weighted by Gasteiger charge is 2.17. The minimum atomic E-state index is -0.856. The van der Waals surface area contributed by atoms with Crippen LogP contribution in [0.5, 0.6) is 0 Å². The molecule has 0 aromatic carbocycles. The van der Waals surface area contributed by atoms with Gasteiger partial charge in [-0.1, -0.05) is 20.8 Å². The number of amides is 1. The van der Waals surface area contributed by atoms with Crippen molar-refractivity contribution in [2.75, 3.05) is 13.1 Å². The predicted octanol–water partition coefficient (Wildman–Crippen LogP) is 1.60. The second-order valence-electron chi connectivity index (χ2n) is 4.39. The summed E-state index contributed by atoms with van der Waals surface area (Å²) in [6.45, 7) is 8.21. The maximum absolute atomic E-state index is 11.2. The zero-order valence-corrected chi connectivity index (χ0v) is 9.99. The zero-order chi connectivity index (χ0) is 12.0. The Morgan fingerprint density at radius 2 is 1.80 bits per heavy atom. The van der Waals surface area contributed by atoms with Gasteiger partial charge in [0.05, 0.1) is 5.92 Å². The van der Waals surface area contributed by atoms with Crippen molar-refractivity contribution in [2.45, 2.75) is 34.1 Å². The molecule has 0 aromatic rings. The number of carboxylic acids is 1. The third-order valence-electron chi connectivity index (χ3n) is 2.34. The number of hydrogen-bond acceptors (Lipinski definition) is 2. The van der Waals surface area contributed by atoms with Crippen molar-refractivity contribution in [1.82, 2.24) is 4.90 Å². The topological polar surface area (TPSA) is 57.6 Å². The SMILES string of the molecule is CC(=O)N(CCC(C)C)CC(C)C(=O)O. The lowest BCUT2D eigenvalue weighted by molar-refractivity contribution is -0.142. The van der Waals surface area contributed by atoms with E-state index in [1.165, 1.54) is 6.92 Å². The van der Waals surface area contributed by atoms with Gasteiger partial charge < -0.3 is 10.0 Å². The highest BCUT2D eigenvalue weighted by Crippen LogP contribution is 2.06. The van der Waals surface area contributed by atoms with E-state index in [9.17, 15) is 9.59 Å². The monoisotopic (exact) mass is 215 g/mol. The summed E-state index contributed by atoms with van der Waals surface area (Å²) in [7, 11) is 0. The molecular weight excluding hydrogens is 194 g/mol. The van der Waals surface area contributed by atoms with Crippen LogP contribution in [0.3, 0.4) is 0 Å². The molecule has 0 radical (unpaired) electrons. The van der Waals surface area contributed by atoms with Gasteiger partial charge in [-0.2, -0.15) is 0 Å². The average Bonchev–Trinajstić information content (AvgIpc) is 2.10. The molecule has 0 bridgehead atoms. The first-order chi connectivity index (χ1) is 6.84. The van der Waals surface area contributed by atoms with Crippen molar-refractivity contribution >= 4 is 11.9 Å². The van der Waals surface area contributed by atoms with Crippen LogP contribution in [0.15, 0.2) is 0 Å². The summed E-state index contributed by atoms with van der Waals surface area (Å²) < 4.78 is 0. The van der Waals surface area contributed by atoms with Gasteiger partial charge in [0.1, 0.15) is 0 Å². The molecule has 88 valence electrons. The molecule has 0 aliphatic carbocycles. The minimum absolute atomic E-state index is 0.0521. The molecule has 0 rings (SSSR count). The van der Waals surface area contributed by atoms with Gasteiger partial charge in [-0.15, -0.1) is 0 Å². The van der Waals surface area contributed by atoms with Crippen LogP contribution in [-0.2, 0) is 9.59 Å². The van der Waals surface area contributed by atoms with Crippen LogP contribution in [0.4, 0.5) is 0 Å². The van der Waals surface area contributed by atoms with Gasteiger partial charge >= 0.3 is 5.97 Å². The summed E-state index contributed by atoms with van der Waals surface area (Å²) in [4.78, 5) is 23.5. The van der Waals surface area contributed by atoms with Gasteiger partial charge in [-0.25, -0.2) is 0 Å². The second-order valence-corrected chi connectivity index (χ2v) is 4.39. The van der Waals surface area contributed by atoms with Crippen molar-refractivity contribution in [3.63, 3.8) is 0 Å². The Morgan fingerprint density at radius 1 is 1.27 bits per heavy atom. The summed E-state index contributed by atoms with van der Waals surface area (Å²) in [6.07, 6.45) is 0.909. The van der Waals surface area contributed by atoms with E-state index in [4.69, 9.17) is 5.11 Å². The zero-order valence-electron chi connectivity index (χ0n) is 9.99. The van der Waals surface area contributed by atoms with Crippen molar-refractivity contribution < 1.29 is 14.7 Å². The molecule has 1 unspecified atom stereocenters. The minimum Gasteiger partial charge on any atom is -0.481 e. The van der Waals surface area contributed by atoms with Crippen LogP contribution in [0.25, 0.3) is 0 Å². The molecule has 0 saturated carbocycles.